The van der Waals surface area contributed by atoms with Crippen LogP contribution < -0.4 is 5.32 Å². The largest absolute Gasteiger partial charge is 0.350 e. The van der Waals surface area contributed by atoms with Crippen molar-refractivity contribution < 1.29 is 4.79 Å². The third kappa shape index (κ3) is 4.18. The molecule has 0 radical (unpaired) electrons. The van der Waals surface area contributed by atoms with E-state index in [2.05, 4.69) is 15.6 Å². The fourth-order valence-corrected chi connectivity index (χ4v) is 2.76. The first kappa shape index (κ1) is 17.5. The van der Waals surface area contributed by atoms with Gasteiger partial charge < -0.3 is 5.32 Å². The van der Waals surface area contributed by atoms with Crippen LogP contribution in [0.2, 0.25) is 10.0 Å². The van der Waals surface area contributed by atoms with Gasteiger partial charge in [0.25, 0.3) is 5.91 Å². The average molecular weight is 375 g/mol. The van der Waals surface area contributed by atoms with Crippen LogP contribution in [0.25, 0.3) is 5.69 Å². The molecule has 5 nitrogen and oxygen atoms in total. The summed E-state index contributed by atoms with van der Waals surface area (Å²) in [5.41, 5.74) is 2.82. The summed E-state index contributed by atoms with van der Waals surface area (Å²) in [6, 6.07) is 14.8. The van der Waals surface area contributed by atoms with Gasteiger partial charge in [-0.05, 0) is 49.2 Å². The summed E-state index contributed by atoms with van der Waals surface area (Å²) in [5.74, 6) is -0.250. The Bertz CT molecular complexity index is 890. The van der Waals surface area contributed by atoms with Gasteiger partial charge in [-0.1, -0.05) is 46.6 Å². The second-order valence-electron chi connectivity index (χ2n) is 5.55. The van der Waals surface area contributed by atoms with Crippen molar-refractivity contribution in [1.82, 2.24) is 20.3 Å². The zero-order valence-electron chi connectivity index (χ0n) is 13.5. The Morgan fingerprint density at radius 2 is 1.88 bits per heavy atom. The van der Waals surface area contributed by atoms with Crippen molar-refractivity contribution in [3.63, 3.8) is 0 Å². The number of hydrogen-bond acceptors (Lipinski definition) is 3. The fraction of sp³-hybridized carbons (Fsp3) is 0.167. The van der Waals surface area contributed by atoms with Crippen LogP contribution in [0.3, 0.4) is 0 Å². The smallest absolute Gasteiger partial charge is 0.273 e. The predicted molar refractivity (Wildman–Crippen MR) is 98.6 cm³/mol. The fourth-order valence-electron chi connectivity index (χ4n) is 2.45. The van der Waals surface area contributed by atoms with Crippen molar-refractivity contribution >= 4 is 29.1 Å². The highest BCUT2D eigenvalue weighted by Crippen LogP contribution is 2.16. The first-order valence-corrected chi connectivity index (χ1v) is 8.51. The van der Waals surface area contributed by atoms with Crippen molar-refractivity contribution in [2.24, 2.45) is 0 Å². The zero-order chi connectivity index (χ0) is 17.8. The Labute approximate surface area is 155 Å². The van der Waals surface area contributed by atoms with Gasteiger partial charge in [0.15, 0.2) is 5.69 Å². The first-order valence-electron chi connectivity index (χ1n) is 7.75. The molecular formula is C18H16Cl2N4O. The number of hydrogen-bond donors (Lipinski definition) is 1. The average Bonchev–Trinajstić information content (AvgIpc) is 2.98. The molecule has 0 fully saturated rings. The summed E-state index contributed by atoms with van der Waals surface area (Å²) >= 11 is 11.9. The minimum atomic E-state index is -0.250. The maximum atomic E-state index is 12.3. The molecule has 1 heterocycles. The van der Waals surface area contributed by atoms with Gasteiger partial charge in [-0.15, -0.1) is 5.10 Å². The highest BCUT2D eigenvalue weighted by molar-refractivity contribution is 6.30. The molecule has 0 atom stereocenters. The second kappa shape index (κ2) is 7.68. The lowest BCUT2D eigenvalue weighted by Gasteiger charge is -2.06. The number of aromatic nitrogens is 3. The molecule has 0 spiro atoms. The molecule has 0 aliphatic rings. The lowest BCUT2D eigenvalue weighted by molar-refractivity contribution is 0.0948. The van der Waals surface area contributed by atoms with Gasteiger partial charge in [0.05, 0.1) is 11.4 Å². The molecule has 1 aromatic heterocycles. The molecule has 0 saturated heterocycles. The normalized spacial score (nSPS) is 10.7. The van der Waals surface area contributed by atoms with Gasteiger partial charge in [-0.3, -0.25) is 4.79 Å². The van der Waals surface area contributed by atoms with Crippen molar-refractivity contribution in [3.05, 3.63) is 75.5 Å². The second-order valence-corrected chi connectivity index (χ2v) is 6.42. The number of amides is 1. The Kier molecular flexibility index (Phi) is 5.36. The minimum Gasteiger partial charge on any atom is -0.350 e. The summed E-state index contributed by atoms with van der Waals surface area (Å²) in [4.78, 5) is 12.3. The number of carbonyl (C=O) groups is 1. The molecule has 3 aromatic rings. The number of nitrogens with one attached hydrogen (secondary N) is 1. The third-order valence-corrected chi connectivity index (χ3v) is 4.26. The van der Waals surface area contributed by atoms with E-state index >= 15 is 0 Å². The Balaban J connectivity index is 1.65. The van der Waals surface area contributed by atoms with E-state index in [-0.39, 0.29) is 5.91 Å². The maximum Gasteiger partial charge on any atom is 0.273 e. The van der Waals surface area contributed by atoms with Crippen LogP contribution >= 0.6 is 23.2 Å². The molecule has 128 valence electrons. The van der Waals surface area contributed by atoms with Crippen LogP contribution in [0.1, 0.15) is 21.7 Å². The lowest BCUT2D eigenvalue weighted by Crippen LogP contribution is -2.26. The van der Waals surface area contributed by atoms with Gasteiger partial charge in [0.2, 0.25) is 0 Å². The van der Waals surface area contributed by atoms with E-state index in [9.17, 15) is 4.79 Å². The van der Waals surface area contributed by atoms with E-state index in [1.54, 1.807) is 23.7 Å². The Hall–Kier alpha value is -2.37. The molecule has 1 N–H and O–H groups in total. The van der Waals surface area contributed by atoms with Gasteiger partial charge in [0.1, 0.15) is 0 Å². The number of benzene rings is 2. The molecule has 2 aromatic carbocycles. The van der Waals surface area contributed by atoms with E-state index in [1.807, 2.05) is 36.4 Å². The molecule has 0 aliphatic heterocycles. The monoisotopic (exact) mass is 374 g/mol. The topological polar surface area (TPSA) is 59.8 Å². The highest BCUT2D eigenvalue weighted by Gasteiger charge is 2.17. The first-order chi connectivity index (χ1) is 12.0. The summed E-state index contributed by atoms with van der Waals surface area (Å²) in [5, 5.41) is 12.2. The molecule has 1 amide bonds. The van der Waals surface area contributed by atoms with Crippen LogP contribution in [0, 0.1) is 6.92 Å². The summed E-state index contributed by atoms with van der Waals surface area (Å²) < 4.78 is 1.60. The Morgan fingerprint density at radius 3 is 2.60 bits per heavy atom. The molecule has 0 aliphatic carbocycles. The SMILES string of the molecule is Cc1c(C(=O)NCCc2ccc(Cl)cc2)nnn1-c1cccc(Cl)c1. The molecule has 25 heavy (non-hydrogen) atoms. The van der Waals surface area contributed by atoms with E-state index < -0.39 is 0 Å². The molecular weight excluding hydrogens is 359 g/mol. The van der Waals surface area contributed by atoms with Crippen molar-refractivity contribution in [1.29, 1.82) is 0 Å². The van der Waals surface area contributed by atoms with Crippen LogP contribution in [-0.2, 0) is 6.42 Å². The number of nitrogens with zero attached hydrogens (tertiary/aromatic N) is 3. The van der Waals surface area contributed by atoms with Gasteiger partial charge in [0, 0.05) is 16.6 Å². The van der Waals surface area contributed by atoms with Gasteiger partial charge >= 0.3 is 0 Å². The van der Waals surface area contributed by atoms with E-state index in [0.717, 1.165) is 11.3 Å². The summed E-state index contributed by atoms with van der Waals surface area (Å²) in [6.07, 6.45) is 0.713. The number of rotatable bonds is 5. The standard InChI is InChI=1S/C18H16Cl2N4O/c1-12-17(22-23-24(12)16-4-2-3-15(20)11-16)18(25)21-10-9-13-5-7-14(19)8-6-13/h2-8,11H,9-10H2,1H3,(H,21,25). The van der Waals surface area contributed by atoms with Crippen LogP contribution in [0.15, 0.2) is 48.5 Å². The Morgan fingerprint density at radius 1 is 1.12 bits per heavy atom. The van der Waals surface area contributed by atoms with Crippen LogP contribution in [0.5, 0.6) is 0 Å². The van der Waals surface area contributed by atoms with E-state index in [1.165, 1.54) is 0 Å². The third-order valence-electron chi connectivity index (χ3n) is 3.77. The molecule has 7 heteroatoms. The molecule has 3 rings (SSSR count). The van der Waals surface area contributed by atoms with E-state index in [4.69, 9.17) is 23.2 Å². The lowest BCUT2D eigenvalue weighted by atomic mass is 10.1. The van der Waals surface area contributed by atoms with E-state index in [0.29, 0.717) is 34.4 Å². The van der Waals surface area contributed by atoms with Crippen molar-refractivity contribution in [3.8, 4) is 5.69 Å². The predicted octanol–water partition coefficient (Wildman–Crippen LogP) is 3.86. The highest BCUT2D eigenvalue weighted by atomic mass is 35.5. The van der Waals surface area contributed by atoms with Crippen LogP contribution in [-0.4, -0.2) is 27.4 Å². The quantitative estimate of drug-likeness (QED) is 0.737. The van der Waals surface area contributed by atoms with Crippen molar-refractivity contribution in [2.75, 3.05) is 6.54 Å². The maximum absolute atomic E-state index is 12.3. The zero-order valence-corrected chi connectivity index (χ0v) is 15.1. The van der Waals surface area contributed by atoms with Gasteiger partial charge in [-0.2, -0.15) is 0 Å². The number of halogens is 2. The molecule has 0 saturated carbocycles. The number of carbonyl (C=O) groups excluding carboxylic acids is 1. The molecule has 0 unspecified atom stereocenters. The molecule has 0 bridgehead atoms. The summed E-state index contributed by atoms with van der Waals surface area (Å²) in [6.45, 7) is 2.30. The van der Waals surface area contributed by atoms with Gasteiger partial charge in [-0.25, -0.2) is 4.68 Å². The minimum absolute atomic E-state index is 0.250. The van der Waals surface area contributed by atoms with Crippen molar-refractivity contribution in [2.45, 2.75) is 13.3 Å². The van der Waals surface area contributed by atoms with Crippen LogP contribution in [0.4, 0.5) is 0 Å². The summed E-state index contributed by atoms with van der Waals surface area (Å²) in [7, 11) is 0.